The minimum absolute atomic E-state index is 0.190. The maximum Gasteiger partial charge on any atom is 0.114 e. The van der Waals surface area contributed by atoms with E-state index < -0.39 is 0 Å². The molecule has 2 N–H and O–H groups in total. The van der Waals surface area contributed by atoms with Crippen LogP contribution in [-0.2, 0) is 4.74 Å². The summed E-state index contributed by atoms with van der Waals surface area (Å²) >= 11 is 1.79. The van der Waals surface area contributed by atoms with Crippen molar-refractivity contribution in [3.63, 3.8) is 0 Å². The quantitative estimate of drug-likeness (QED) is 0.730. The number of rotatable bonds is 7. The van der Waals surface area contributed by atoms with E-state index in [0.717, 1.165) is 24.5 Å². The van der Waals surface area contributed by atoms with Gasteiger partial charge in [-0.3, -0.25) is 0 Å². The van der Waals surface area contributed by atoms with Crippen molar-refractivity contribution in [2.24, 2.45) is 5.73 Å². The van der Waals surface area contributed by atoms with Crippen LogP contribution in [-0.4, -0.2) is 25.0 Å². The number of aryl methyl sites for hydroxylation is 1. The minimum Gasteiger partial charge on any atom is -0.468 e. The highest BCUT2D eigenvalue weighted by molar-refractivity contribution is 7.99. The highest BCUT2D eigenvalue weighted by Gasteiger charge is 2.07. The smallest absolute Gasteiger partial charge is 0.114 e. The van der Waals surface area contributed by atoms with E-state index in [9.17, 15) is 0 Å². The van der Waals surface area contributed by atoms with Crippen molar-refractivity contribution < 1.29 is 9.15 Å². The van der Waals surface area contributed by atoms with Gasteiger partial charge in [0.2, 0.25) is 0 Å². The normalized spacial score (nSPS) is 13.0. The molecule has 0 aliphatic heterocycles. The van der Waals surface area contributed by atoms with E-state index in [2.05, 4.69) is 0 Å². The molecule has 0 aromatic carbocycles. The summed E-state index contributed by atoms with van der Waals surface area (Å²) in [6, 6.07) is 2.00. The van der Waals surface area contributed by atoms with Crippen molar-refractivity contribution in [1.82, 2.24) is 0 Å². The van der Waals surface area contributed by atoms with Gasteiger partial charge in [-0.25, -0.2) is 0 Å². The van der Waals surface area contributed by atoms with Crippen molar-refractivity contribution in [1.29, 1.82) is 0 Å². The van der Waals surface area contributed by atoms with Gasteiger partial charge in [0.1, 0.15) is 5.76 Å². The highest BCUT2D eigenvalue weighted by Crippen LogP contribution is 2.24. The molecule has 1 rings (SSSR count). The van der Waals surface area contributed by atoms with Crippen molar-refractivity contribution in [2.45, 2.75) is 31.3 Å². The predicted octanol–water partition coefficient (Wildman–Crippen LogP) is 2.43. The van der Waals surface area contributed by atoms with Crippen LogP contribution in [0.15, 0.2) is 21.6 Å². The van der Waals surface area contributed by atoms with Crippen LogP contribution in [0.4, 0.5) is 0 Å². The number of hydrogen-bond acceptors (Lipinski definition) is 4. The summed E-state index contributed by atoms with van der Waals surface area (Å²) in [6.45, 7) is 5.30. The molecule has 15 heavy (non-hydrogen) atoms. The zero-order valence-corrected chi connectivity index (χ0v) is 10.2. The van der Waals surface area contributed by atoms with Crippen molar-refractivity contribution >= 4 is 11.8 Å². The lowest BCUT2D eigenvalue weighted by Crippen LogP contribution is -2.24. The summed E-state index contributed by atoms with van der Waals surface area (Å²) < 4.78 is 10.7. The van der Waals surface area contributed by atoms with Crippen LogP contribution in [0, 0.1) is 6.92 Å². The first kappa shape index (κ1) is 12.6. The topological polar surface area (TPSA) is 48.4 Å². The second-order valence-corrected chi connectivity index (χ2v) is 4.43. The molecule has 86 valence electrons. The fourth-order valence-electron chi connectivity index (χ4n) is 1.33. The molecule has 0 saturated heterocycles. The average molecular weight is 229 g/mol. The maximum atomic E-state index is 5.60. The Hall–Kier alpha value is -0.450. The Kier molecular flexibility index (Phi) is 5.83. The zero-order chi connectivity index (χ0) is 11.1. The fourth-order valence-corrected chi connectivity index (χ4v) is 2.33. The van der Waals surface area contributed by atoms with E-state index >= 15 is 0 Å². The summed E-state index contributed by atoms with van der Waals surface area (Å²) in [4.78, 5) is 1.21. The van der Waals surface area contributed by atoms with Gasteiger partial charge in [-0.15, -0.1) is 11.8 Å². The van der Waals surface area contributed by atoms with E-state index in [4.69, 9.17) is 14.9 Å². The molecule has 0 fully saturated rings. The fraction of sp³-hybridized carbons (Fsp3) is 0.636. The number of hydrogen-bond donors (Lipinski definition) is 1. The summed E-state index contributed by atoms with van der Waals surface area (Å²) in [7, 11) is 0. The van der Waals surface area contributed by atoms with E-state index in [-0.39, 0.29) is 6.10 Å². The first-order chi connectivity index (χ1) is 7.27. The number of thioether (sulfide) groups is 1. The van der Waals surface area contributed by atoms with Crippen molar-refractivity contribution in [2.75, 3.05) is 18.9 Å². The van der Waals surface area contributed by atoms with Gasteiger partial charge in [0.15, 0.2) is 0 Å². The van der Waals surface area contributed by atoms with Crippen molar-refractivity contribution in [3.8, 4) is 0 Å². The van der Waals surface area contributed by atoms with E-state index in [1.165, 1.54) is 4.90 Å². The SMILES string of the molecule is CCOC(CN)CCSc1ccoc1C. The zero-order valence-electron chi connectivity index (χ0n) is 9.36. The van der Waals surface area contributed by atoms with Crippen LogP contribution < -0.4 is 5.73 Å². The first-order valence-corrected chi connectivity index (χ1v) is 6.25. The van der Waals surface area contributed by atoms with Crippen LogP contribution >= 0.6 is 11.8 Å². The largest absolute Gasteiger partial charge is 0.468 e. The molecular formula is C11H19NO2S. The van der Waals surface area contributed by atoms with Crippen LogP contribution in [0.2, 0.25) is 0 Å². The van der Waals surface area contributed by atoms with E-state index in [0.29, 0.717) is 6.54 Å². The lowest BCUT2D eigenvalue weighted by molar-refractivity contribution is 0.0674. The lowest BCUT2D eigenvalue weighted by atomic mass is 10.3. The molecule has 0 aliphatic rings. The predicted molar refractivity (Wildman–Crippen MR) is 63.3 cm³/mol. The molecule has 1 atom stereocenters. The molecule has 1 unspecified atom stereocenters. The Morgan fingerprint density at radius 1 is 1.60 bits per heavy atom. The summed E-state index contributed by atoms with van der Waals surface area (Å²) in [6.07, 6.45) is 2.90. The Labute approximate surface area is 95.4 Å². The molecule has 0 aliphatic carbocycles. The Bertz CT molecular complexity index is 275. The monoisotopic (exact) mass is 229 g/mol. The van der Waals surface area contributed by atoms with Gasteiger partial charge in [-0.1, -0.05) is 0 Å². The molecule has 0 bridgehead atoms. The number of furan rings is 1. The molecule has 1 aromatic rings. The van der Waals surface area contributed by atoms with E-state index in [1.807, 2.05) is 19.9 Å². The van der Waals surface area contributed by atoms with Gasteiger partial charge in [0, 0.05) is 23.8 Å². The third-order valence-electron chi connectivity index (χ3n) is 2.17. The van der Waals surface area contributed by atoms with Gasteiger partial charge in [0.25, 0.3) is 0 Å². The van der Waals surface area contributed by atoms with Gasteiger partial charge < -0.3 is 14.9 Å². The molecule has 0 radical (unpaired) electrons. The lowest BCUT2D eigenvalue weighted by Gasteiger charge is -2.13. The molecule has 0 spiro atoms. The standard InChI is InChI=1S/C11H19NO2S/c1-3-13-10(8-12)5-7-15-11-4-6-14-9(11)2/h4,6,10H,3,5,7-8,12H2,1-2H3. The first-order valence-electron chi connectivity index (χ1n) is 5.26. The Morgan fingerprint density at radius 2 is 2.40 bits per heavy atom. The van der Waals surface area contributed by atoms with Gasteiger partial charge in [-0.05, 0) is 26.3 Å². The van der Waals surface area contributed by atoms with Crippen LogP contribution in [0.5, 0.6) is 0 Å². The molecule has 1 aromatic heterocycles. The molecule has 3 nitrogen and oxygen atoms in total. The highest BCUT2D eigenvalue weighted by atomic mass is 32.2. The van der Waals surface area contributed by atoms with E-state index in [1.54, 1.807) is 18.0 Å². The Balaban J connectivity index is 2.23. The molecule has 0 amide bonds. The second-order valence-electron chi connectivity index (χ2n) is 3.29. The Morgan fingerprint density at radius 3 is 2.93 bits per heavy atom. The van der Waals surface area contributed by atoms with Crippen LogP contribution in [0.1, 0.15) is 19.1 Å². The van der Waals surface area contributed by atoms with Crippen LogP contribution in [0.3, 0.4) is 0 Å². The third kappa shape index (κ3) is 4.28. The summed E-state index contributed by atoms with van der Waals surface area (Å²) in [5.74, 6) is 2.00. The van der Waals surface area contributed by atoms with Gasteiger partial charge in [0.05, 0.1) is 12.4 Å². The molecule has 4 heteroatoms. The second kappa shape index (κ2) is 6.93. The summed E-state index contributed by atoms with van der Waals surface area (Å²) in [5.41, 5.74) is 5.60. The van der Waals surface area contributed by atoms with Gasteiger partial charge >= 0.3 is 0 Å². The third-order valence-corrected chi connectivity index (χ3v) is 3.35. The average Bonchev–Trinajstić information content (AvgIpc) is 2.63. The van der Waals surface area contributed by atoms with Crippen LogP contribution in [0.25, 0.3) is 0 Å². The van der Waals surface area contributed by atoms with Gasteiger partial charge in [-0.2, -0.15) is 0 Å². The molecule has 0 saturated carbocycles. The number of nitrogens with two attached hydrogens (primary N) is 1. The minimum atomic E-state index is 0.190. The maximum absolute atomic E-state index is 5.60. The number of ether oxygens (including phenoxy) is 1. The van der Waals surface area contributed by atoms with Crippen molar-refractivity contribution in [3.05, 3.63) is 18.1 Å². The molecule has 1 heterocycles. The molecular weight excluding hydrogens is 210 g/mol. The summed E-state index contributed by atoms with van der Waals surface area (Å²) in [5, 5.41) is 0.